The van der Waals surface area contributed by atoms with Crippen LogP contribution >= 0.6 is 34.8 Å². The van der Waals surface area contributed by atoms with Crippen LogP contribution in [0.5, 0.6) is 0 Å². The average molecular weight is 611 g/mol. The van der Waals surface area contributed by atoms with Crippen molar-refractivity contribution in [3.63, 3.8) is 0 Å². The van der Waals surface area contributed by atoms with Crippen LogP contribution in [0.2, 0.25) is 15.1 Å². The molecule has 0 radical (unpaired) electrons. The molecule has 0 aliphatic rings. The molecule has 0 saturated carbocycles. The molecule has 0 saturated heterocycles. The Kier molecular flexibility index (Phi) is 9.93. The molecule has 3 aromatic carbocycles. The maximum absolute atomic E-state index is 13.9. The van der Waals surface area contributed by atoms with Gasteiger partial charge in [-0.1, -0.05) is 65.1 Å². The summed E-state index contributed by atoms with van der Waals surface area (Å²) in [7, 11) is -4.26. The van der Waals surface area contributed by atoms with Gasteiger partial charge in [-0.05, 0) is 75.7 Å². The summed E-state index contributed by atoms with van der Waals surface area (Å²) in [5.74, 6) is -1.02. The number of benzene rings is 3. The van der Waals surface area contributed by atoms with Crippen molar-refractivity contribution in [2.24, 2.45) is 0 Å². The molecule has 0 aromatic heterocycles. The van der Waals surface area contributed by atoms with Crippen molar-refractivity contribution < 1.29 is 18.0 Å². The van der Waals surface area contributed by atoms with Crippen molar-refractivity contribution in [1.82, 2.24) is 10.2 Å². The van der Waals surface area contributed by atoms with Crippen LogP contribution in [0, 0.1) is 0 Å². The van der Waals surface area contributed by atoms with Crippen LogP contribution in [0.3, 0.4) is 0 Å². The minimum Gasteiger partial charge on any atom is -0.350 e. The summed E-state index contributed by atoms with van der Waals surface area (Å²) in [4.78, 5) is 28.4. The number of hydrogen-bond acceptors (Lipinski definition) is 4. The number of rotatable bonds is 9. The van der Waals surface area contributed by atoms with E-state index in [-0.39, 0.29) is 27.2 Å². The van der Waals surface area contributed by atoms with Crippen LogP contribution in [0.4, 0.5) is 5.69 Å². The molecular formula is C28H30Cl3N3O4S. The molecule has 1 N–H and O–H groups in total. The topological polar surface area (TPSA) is 86.8 Å². The highest BCUT2D eigenvalue weighted by Gasteiger charge is 2.34. The molecule has 208 valence electrons. The number of nitrogens with one attached hydrogen (secondary N) is 1. The lowest BCUT2D eigenvalue weighted by Crippen LogP contribution is -2.54. The highest BCUT2D eigenvalue weighted by molar-refractivity contribution is 7.92. The molecule has 0 heterocycles. The number of nitrogens with zero attached hydrogens (tertiary/aromatic N) is 2. The van der Waals surface area contributed by atoms with E-state index in [0.29, 0.717) is 10.6 Å². The Balaban J connectivity index is 2.07. The Bertz CT molecular complexity index is 1440. The molecule has 39 heavy (non-hydrogen) atoms. The lowest BCUT2D eigenvalue weighted by atomic mass is 10.1. The largest absolute Gasteiger partial charge is 0.350 e. The molecular weight excluding hydrogens is 581 g/mol. The molecule has 3 rings (SSSR count). The molecule has 0 aliphatic heterocycles. The van der Waals surface area contributed by atoms with E-state index < -0.39 is 40.0 Å². The molecule has 0 aliphatic carbocycles. The summed E-state index contributed by atoms with van der Waals surface area (Å²) in [6, 6.07) is 18.0. The molecule has 3 aromatic rings. The lowest BCUT2D eigenvalue weighted by Gasteiger charge is -2.33. The molecule has 0 unspecified atom stereocenters. The van der Waals surface area contributed by atoms with Crippen molar-refractivity contribution >= 4 is 62.3 Å². The van der Waals surface area contributed by atoms with E-state index in [4.69, 9.17) is 34.8 Å². The van der Waals surface area contributed by atoms with Crippen molar-refractivity contribution in [3.8, 4) is 0 Å². The van der Waals surface area contributed by atoms with Crippen molar-refractivity contribution in [3.05, 3.63) is 93.4 Å². The Hall–Kier alpha value is -2.78. The van der Waals surface area contributed by atoms with Gasteiger partial charge >= 0.3 is 0 Å². The van der Waals surface area contributed by atoms with E-state index in [1.165, 1.54) is 35.2 Å². The molecule has 0 spiro atoms. The fourth-order valence-corrected chi connectivity index (χ4v) is 5.89. The van der Waals surface area contributed by atoms with Gasteiger partial charge in [-0.15, -0.1) is 0 Å². The summed E-state index contributed by atoms with van der Waals surface area (Å²) in [5.41, 5.74) is 0.160. The maximum atomic E-state index is 13.9. The Labute approximate surface area is 244 Å². The molecule has 11 heteroatoms. The second kappa shape index (κ2) is 12.6. The van der Waals surface area contributed by atoms with E-state index >= 15 is 0 Å². The molecule has 0 bridgehead atoms. The third-order valence-corrected chi connectivity index (χ3v) is 8.26. The van der Waals surface area contributed by atoms with E-state index in [0.717, 1.165) is 4.31 Å². The van der Waals surface area contributed by atoms with Gasteiger partial charge in [0.1, 0.15) is 12.6 Å². The van der Waals surface area contributed by atoms with Crippen LogP contribution in [0.1, 0.15) is 33.3 Å². The highest BCUT2D eigenvalue weighted by Crippen LogP contribution is 2.33. The molecule has 2 amide bonds. The Morgan fingerprint density at radius 1 is 0.897 bits per heavy atom. The first-order valence-electron chi connectivity index (χ1n) is 12.1. The standard InChI is InChI=1S/C28H30Cl3N3O4S/c1-19(27(36)32-28(2,3)4)33(17-20-9-8-10-21(29)15-20)26(35)18-34(25-16-22(30)13-14-24(25)31)39(37,38)23-11-6-5-7-12-23/h5-16,19H,17-18H2,1-4H3,(H,32,36)/t19-/m0/s1. The Morgan fingerprint density at radius 3 is 2.15 bits per heavy atom. The Morgan fingerprint density at radius 2 is 1.54 bits per heavy atom. The molecule has 1 atom stereocenters. The normalized spacial score (nSPS) is 12.5. The smallest absolute Gasteiger partial charge is 0.264 e. The third kappa shape index (κ3) is 8.11. The lowest BCUT2D eigenvalue weighted by molar-refractivity contribution is -0.140. The van der Waals surface area contributed by atoms with Gasteiger partial charge in [0, 0.05) is 22.1 Å². The number of sulfonamides is 1. The van der Waals surface area contributed by atoms with Gasteiger partial charge in [0.25, 0.3) is 10.0 Å². The summed E-state index contributed by atoms with van der Waals surface area (Å²) in [6.07, 6.45) is 0. The summed E-state index contributed by atoms with van der Waals surface area (Å²) in [6.45, 7) is 6.46. The number of anilines is 1. The minimum atomic E-state index is -4.26. The van der Waals surface area contributed by atoms with Gasteiger partial charge in [-0.2, -0.15) is 0 Å². The average Bonchev–Trinajstić information content (AvgIpc) is 2.86. The van der Waals surface area contributed by atoms with Crippen molar-refractivity contribution in [1.29, 1.82) is 0 Å². The summed E-state index contributed by atoms with van der Waals surface area (Å²) < 4.78 is 28.5. The van der Waals surface area contributed by atoms with E-state index in [9.17, 15) is 18.0 Å². The second-order valence-corrected chi connectivity index (χ2v) is 13.1. The predicted molar refractivity (Wildman–Crippen MR) is 157 cm³/mol. The van der Waals surface area contributed by atoms with Gasteiger partial charge < -0.3 is 10.2 Å². The maximum Gasteiger partial charge on any atom is 0.264 e. The minimum absolute atomic E-state index is 0.0145. The van der Waals surface area contributed by atoms with Gasteiger partial charge in [0.15, 0.2) is 0 Å². The number of halogens is 3. The predicted octanol–water partition coefficient (Wildman–Crippen LogP) is 6.17. The van der Waals surface area contributed by atoms with Crippen LogP contribution in [-0.2, 0) is 26.2 Å². The fourth-order valence-electron chi connectivity index (χ4n) is 3.80. The first-order chi connectivity index (χ1) is 18.2. The van der Waals surface area contributed by atoms with E-state index in [1.807, 2.05) is 20.8 Å². The second-order valence-electron chi connectivity index (χ2n) is 9.99. The number of hydrogen-bond donors (Lipinski definition) is 1. The molecule has 0 fully saturated rings. The summed E-state index contributed by atoms with van der Waals surface area (Å²) >= 11 is 18.8. The fraction of sp³-hybridized carbons (Fsp3) is 0.286. The van der Waals surface area contributed by atoms with Crippen molar-refractivity contribution in [2.45, 2.75) is 50.7 Å². The SMILES string of the molecule is C[C@@H](C(=O)NC(C)(C)C)N(Cc1cccc(Cl)c1)C(=O)CN(c1cc(Cl)ccc1Cl)S(=O)(=O)c1ccccc1. The number of carbonyl (C=O) groups excluding carboxylic acids is 2. The quantitative estimate of drug-likeness (QED) is 0.314. The number of amides is 2. The summed E-state index contributed by atoms with van der Waals surface area (Å²) in [5, 5.41) is 3.67. The van der Waals surface area contributed by atoms with Gasteiger partial charge in [0.05, 0.1) is 15.6 Å². The van der Waals surface area contributed by atoms with Gasteiger partial charge in [0.2, 0.25) is 11.8 Å². The van der Waals surface area contributed by atoms with Gasteiger partial charge in [-0.3, -0.25) is 13.9 Å². The third-order valence-electron chi connectivity index (χ3n) is 5.69. The van der Waals surface area contributed by atoms with Gasteiger partial charge in [-0.25, -0.2) is 8.42 Å². The van der Waals surface area contributed by atoms with Crippen molar-refractivity contribution in [2.75, 3.05) is 10.8 Å². The van der Waals surface area contributed by atoms with Crippen LogP contribution in [0.25, 0.3) is 0 Å². The zero-order chi connectivity index (χ0) is 29.0. The first-order valence-corrected chi connectivity index (χ1v) is 14.7. The molecule has 7 nitrogen and oxygen atoms in total. The van der Waals surface area contributed by atoms with Crippen LogP contribution in [-0.4, -0.2) is 43.3 Å². The van der Waals surface area contributed by atoms with Crippen LogP contribution < -0.4 is 9.62 Å². The number of carbonyl (C=O) groups is 2. The van der Waals surface area contributed by atoms with E-state index in [1.54, 1.807) is 49.4 Å². The monoisotopic (exact) mass is 609 g/mol. The zero-order valence-electron chi connectivity index (χ0n) is 22.0. The first kappa shape index (κ1) is 30.8. The zero-order valence-corrected chi connectivity index (χ0v) is 25.1. The van der Waals surface area contributed by atoms with E-state index in [2.05, 4.69) is 5.32 Å². The van der Waals surface area contributed by atoms with Crippen LogP contribution in [0.15, 0.2) is 77.7 Å². The highest BCUT2D eigenvalue weighted by atomic mass is 35.5.